The fraction of sp³-hybridized carbons (Fsp3) is 0.667. The van der Waals surface area contributed by atoms with Crippen LogP contribution in [0.2, 0.25) is 0 Å². The highest BCUT2D eigenvalue weighted by atomic mass is 32.2. The Morgan fingerprint density at radius 3 is 2.33 bits per heavy atom. The van der Waals surface area contributed by atoms with Crippen LogP contribution in [0.25, 0.3) is 0 Å². The van der Waals surface area contributed by atoms with E-state index in [1.807, 2.05) is 0 Å². The third-order valence-electron chi connectivity index (χ3n) is 6.85. The standard InChI is InChI=1S/C21H28F2N2O4S/c22-15-10-16(23)12-18(11-15)30(27,28)25-13-19(21(14-25)6-8-29-9-7-21)20(26)24-17-4-2-1-3-5-17/h10-12,17,19H,1-9,13-14H2,(H,24,26). The number of nitrogens with one attached hydrogen (secondary N) is 1. The zero-order chi connectivity index (χ0) is 21.4. The van der Waals surface area contributed by atoms with Crippen LogP contribution in [0.4, 0.5) is 8.78 Å². The third-order valence-corrected chi connectivity index (χ3v) is 8.64. The summed E-state index contributed by atoms with van der Waals surface area (Å²) in [6, 6.07) is 2.42. The Kier molecular flexibility index (Phi) is 6.14. The monoisotopic (exact) mass is 442 g/mol. The zero-order valence-electron chi connectivity index (χ0n) is 16.9. The Bertz CT molecular complexity index is 876. The first-order valence-corrected chi connectivity index (χ1v) is 12.1. The van der Waals surface area contributed by atoms with Gasteiger partial charge < -0.3 is 10.1 Å². The van der Waals surface area contributed by atoms with E-state index in [1.54, 1.807) is 0 Å². The third kappa shape index (κ3) is 4.24. The maximum atomic E-state index is 13.7. The molecule has 0 bridgehead atoms. The molecular formula is C21H28F2N2O4S. The lowest BCUT2D eigenvalue weighted by Gasteiger charge is -2.38. The van der Waals surface area contributed by atoms with Gasteiger partial charge in [-0.2, -0.15) is 4.31 Å². The zero-order valence-corrected chi connectivity index (χ0v) is 17.7. The Morgan fingerprint density at radius 1 is 1.07 bits per heavy atom. The minimum absolute atomic E-state index is 0.0129. The highest BCUT2D eigenvalue weighted by Crippen LogP contribution is 2.46. The number of carbonyl (C=O) groups is 1. The van der Waals surface area contributed by atoms with Crippen molar-refractivity contribution in [1.82, 2.24) is 9.62 Å². The minimum atomic E-state index is -4.13. The predicted molar refractivity (Wildman–Crippen MR) is 106 cm³/mol. The van der Waals surface area contributed by atoms with Gasteiger partial charge in [0.05, 0.1) is 10.8 Å². The molecule has 0 aromatic heterocycles. The van der Waals surface area contributed by atoms with Gasteiger partial charge in [0.25, 0.3) is 0 Å². The van der Waals surface area contributed by atoms with Gasteiger partial charge in [-0.3, -0.25) is 4.79 Å². The fourth-order valence-electron chi connectivity index (χ4n) is 5.13. The lowest BCUT2D eigenvalue weighted by Crippen LogP contribution is -2.47. The number of nitrogens with zero attached hydrogens (tertiary/aromatic N) is 1. The molecule has 2 saturated heterocycles. The van der Waals surface area contributed by atoms with Gasteiger partial charge in [0.15, 0.2) is 0 Å². The van der Waals surface area contributed by atoms with Gasteiger partial charge in [0.2, 0.25) is 15.9 Å². The first-order chi connectivity index (χ1) is 14.3. The van der Waals surface area contributed by atoms with Gasteiger partial charge in [-0.25, -0.2) is 17.2 Å². The number of halogens is 2. The summed E-state index contributed by atoms with van der Waals surface area (Å²) in [4.78, 5) is 12.8. The van der Waals surface area contributed by atoms with Gasteiger partial charge in [0.1, 0.15) is 11.6 Å². The highest BCUT2D eigenvalue weighted by molar-refractivity contribution is 7.89. The van der Waals surface area contributed by atoms with Crippen LogP contribution in [0.1, 0.15) is 44.9 Å². The SMILES string of the molecule is O=C(NC1CCCCC1)C1CN(S(=O)(=O)c2cc(F)cc(F)c2)CC12CCOCC2. The van der Waals surface area contributed by atoms with E-state index in [9.17, 15) is 22.0 Å². The van der Waals surface area contributed by atoms with E-state index in [0.29, 0.717) is 32.1 Å². The van der Waals surface area contributed by atoms with Crippen LogP contribution in [0.15, 0.2) is 23.1 Å². The highest BCUT2D eigenvalue weighted by Gasteiger charge is 2.53. The molecule has 30 heavy (non-hydrogen) atoms. The largest absolute Gasteiger partial charge is 0.381 e. The number of carbonyl (C=O) groups excluding carboxylic acids is 1. The van der Waals surface area contributed by atoms with Gasteiger partial charge in [-0.15, -0.1) is 0 Å². The van der Waals surface area contributed by atoms with E-state index in [-0.39, 0.29) is 25.0 Å². The number of hydrogen-bond donors (Lipinski definition) is 1. The van der Waals surface area contributed by atoms with E-state index in [2.05, 4.69) is 5.32 Å². The van der Waals surface area contributed by atoms with Crippen LogP contribution in [0.3, 0.4) is 0 Å². The fourth-order valence-corrected chi connectivity index (χ4v) is 6.72. The van der Waals surface area contributed by atoms with Crippen molar-refractivity contribution in [2.45, 2.75) is 55.9 Å². The molecule has 1 spiro atoms. The average molecular weight is 443 g/mol. The number of benzene rings is 1. The van der Waals surface area contributed by atoms with Crippen molar-refractivity contribution in [3.05, 3.63) is 29.8 Å². The summed E-state index contributed by atoms with van der Waals surface area (Å²) in [5, 5.41) is 3.14. The summed E-state index contributed by atoms with van der Waals surface area (Å²) in [7, 11) is -4.13. The Labute approximate surface area is 176 Å². The predicted octanol–water partition coefficient (Wildman–Crippen LogP) is 2.83. The molecule has 2 aliphatic heterocycles. The van der Waals surface area contributed by atoms with E-state index < -0.39 is 37.9 Å². The maximum Gasteiger partial charge on any atom is 0.243 e. The molecule has 2 heterocycles. The Balaban J connectivity index is 1.59. The van der Waals surface area contributed by atoms with E-state index in [0.717, 1.165) is 37.8 Å². The van der Waals surface area contributed by atoms with Crippen molar-refractivity contribution in [3.63, 3.8) is 0 Å². The number of amides is 1. The number of rotatable bonds is 4. The van der Waals surface area contributed by atoms with Gasteiger partial charge in [-0.05, 0) is 37.8 Å². The molecular weight excluding hydrogens is 414 g/mol. The number of sulfonamides is 1. The maximum absolute atomic E-state index is 13.7. The summed E-state index contributed by atoms with van der Waals surface area (Å²) < 4.78 is 60.3. The molecule has 1 unspecified atom stereocenters. The second-order valence-corrected chi connectivity index (χ2v) is 10.7. The van der Waals surface area contributed by atoms with Crippen LogP contribution >= 0.6 is 0 Å². The Hall–Kier alpha value is -1.58. The van der Waals surface area contributed by atoms with Crippen molar-refractivity contribution in [1.29, 1.82) is 0 Å². The molecule has 1 aromatic carbocycles. The van der Waals surface area contributed by atoms with Crippen molar-refractivity contribution >= 4 is 15.9 Å². The molecule has 3 aliphatic rings. The molecule has 6 nitrogen and oxygen atoms in total. The average Bonchev–Trinajstić information content (AvgIpc) is 3.08. The minimum Gasteiger partial charge on any atom is -0.381 e. The van der Waals surface area contributed by atoms with Crippen molar-refractivity contribution in [3.8, 4) is 0 Å². The normalized spacial score (nSPS) is 25.5. The van der Waals surface area contributed by atoms with Gasteiger partial charge in [0, 0.05) is 43.8 Å². The summed E-state index contributed by atoms with van der Waals surface area (Å²) in [6.45, 7) is 1.10. The number of ether oxygens (including phenoxy) is 1. The first-order valence-electron chi connectivity index (χ1n) is 10.6. The summed E-state index contributed by atoms with van der Waals surface area (Å²) in [5.74, 6) is -2.51. The second-order valence-electron chi connectivity index (χ2n) is 8.77. The van der Waals surface area contributed by atoms with E-state index in [4.69, 9.17) is 4.74 Å². The molecule has 166 valence electrons. The lowest BCUT2D eigenvalue weighted by molar-refractivity contribution is -0.130. The molecule has 1 amide bonds. The van der Waals surface area contributed by atoms with Crippen LogP contribution in [-0.4, -0.2) is 51.0 Å². The van der Waals surface area contributed by atoms with E-state index >= 15 is 0 Å². The summed E-state index contributed by atoms with van der Waals surface area (Å²) in [6.07, 6.45) is 6.39. The molecule has 1 N–H and O–H groups in total. The quantitative estimate of drug-likeness (QED) is 0.778. The lowest BCUT2D eigenvalue weighted by atomic mass is 9.71. The molecule has 1 aromatic rings. The van der Waals surface area contributed by atoms with Crippen LogP contribution < -0.4 is 5.32 Å². The summed E-state index contributed by atoms with van der Waals surface area (Å²) in [5.41, 5.74) is -0.518. The van der Waals surface area contributed by atoms with Crippen LogP contribution in [-0.2, 0) is 19.6 Å². The molecule has 3 fully saturated rings. The topological polar surface area (TPSA) is 75.7 Å². The molecule has 4 rings (SSSR count). The molecule has 9 heteroatoms. The molecule has 0 radical (unpaired) electrons. The van der Waals surface area contributed by atoms with Crippen LogP contribution in [0.5, 0.6) is 0 Å². The smallest absolute Gasteiger partial charge is 0.243 e. The van der Waals surface area contributed by atoms with Gasteiger partial charge >= 0.3 is 0 Å². The van der Waals surface area contributed by atoms with Gasteiger partial charge in [-0.1, -0.05) is 19.3 Å². The second kappa shape index (κ2) is 8.51. The summed E-state index contributed by atoms with van der Waals surface area (Å²) >= 11 is 0. The number of hydrogen-bond acceptors (Lipinski definition) is 4. The van der Waals surface area contributed by atoms with Crippen molar-refractivity contribution in [2.75, 3.05) is 26.3 Å². The molecule has 1 saturated carbocycles. The van der Waals surface area contributed by atoms with Crippen molar-refractivity contribution < 1.29 is 26.7 Å². The first kappa shape index (κ1) is 21.6. The van der Waals surface area contributed by atoms with Crippen LogP contribution in [0, 0.1) is 23.0 Å². The molecule has 1 aliphatic carbocycles. The van der Waals surface area contributed by atoms with Crippen molar-refractivity contribution in [2.24, 2.45) is 11.3 Å². The Morgan fingerprint density at radius 2 is 1.70 bits per heavy atom. The molecule has 1 atom stereocenters. The van der Waals surface area contributed by atoms with E-state index in [1.165, 1.54) is 10.7 Å².